The van der Waals surface area contributed by atoms with Crippen LogP contribution in [0.1, 0.15) is 24.8 Å². The van der Waals surface area contributed by atoms with Crippen molar-refractivity contribution >= 4 is 16.6 Å². The summed E-state index contributed by atoms with van der Waals surface area (Å²) in [5, 5.41) is 0.958. The van der Waals surface area contributed by atoms with Gasteiger partial charge in [-0.1, -0.05) is 6.07 Å². The average molecular weight is 340 g/mol. The Balaban J connectivity index is 1.44. The van der Waals surface area contributed by atoms with Gasteiger partial charge in [0.05, 0.1) is 0 Å². The number of rotatable bonds is 7. The lowest BCUT2D eigenvalue weighted by Gasteiger charge is -2.25. The lowest BCUT2D eigenvalue weighted by Crippen LogP contribution is -2.27. The number of aryl methyl sites for hydroxylation is 1. The van der Waals surface area contributed by atoms with Crippen molar-refractivity contribution in [3.63, 3.8) is 0 Å². The first-order valence-electron chi connectivity index (χ1n) is 8.95. The SMILES string of the molecule is Fc1cccc(N(CCCc2c[nH]c3ccc(F)cc23)CC2CC2)c1. The predicted molar refractivity (Wildman–Crippen MR) is 97.9 cm³/mol. The van der Waals surface area contributed by atoms with E-state index < -0.39 is 0 Å². The summed E-state index contributed by atoms with van der Waals surface area (Å²) in [5.74, 6) is 0.347. The second-order valence-electron chi connectivity index (χ2n) is 6.98. The average Bonchev–Trinajstić information content (AvgIpc) is 3.34. The van der Waals surface area contributed by atoms with E-state index in [1.807, 2.05) is 12.3 Å². The van der Waals surface area contributed by atoms with Crippen LogP contribution in [0, 0.1) is 17.6 Å². The number of halogens is 2. The molecule has 0 aliphatic heterocycles. The Morgan fingerprint density at radius 1 is 1.04 bits per heavy atom. The maximum Gasteiger partial charge on any atom is 0.125 e. The van der Waals surface area contributed by atoms with Gasteiger partial charge in [-0.05, 0) is 73.6 Å². The number of fused-ring (bicyclic) bond motifs is 1. The standard InChI is InChI=1S/C21H22F2N2/c22-17-4-1-5-19(11-17)25(14-15-6-7-15)10-2-3-16-13-24-21-9-8-18(23)12-20(16)21/h1,4-5,8-9,11-13,15,24H,2-3,6-7,10,14H2. The number of nitrogens with one attached hydrogen (secondary N) is 1. The minimum absolute atomic E-state index is 0.189. The van der Waals surface area contributed by atoms with Gasteiger partial charge in [-0.3, -0.25) is 0 Å². The molecule has 2 aromatic carbocycles. The molecule has 0 unspecified atom stereocenters. The molecule has 1 aliphatic rings. The van der Waals surface area contributed by atoms with E-state index in [9.17, 15) is 8.78 Å². The molecule has 0 saturated heterocycles. The number of aromatic nitrogens is 1. The quantitative estimate of drug-likeness (QED) is 0.619. The lowest BCUT2D eigenvalue weighted by molar-refractivity contribution is 0.623. The Labute approximate surface area is 146 Å². The van der Waals surface area contributed by atoms with Crippen molar-refractivity contribution in [2.75, 3.05) is 18.0 Å². The van der Waals surface area contributed by atoms with Crippen LogP contribution in [-0.2, 0) is 6.42 Å². The molecular weight excluding hydrogens is 318 g/mol. The fourth-order valence-electron chi connectivity index (χ4n) is 3.43. The molecule has 1 saturated carbocycles. The Kier molecular flexibility index (Phi) is 4.43. The van der Waals surface area contributed by atoms with E-state index in [0.29, 0.717) is 0 Å². The number of aromatic amines is 1. The van der Waals surface area contributed by atoms with Crippen LogP contribution in [-0.4, -0.2) is 18.1 Å². The number of benzene rings is 2. The molecule has 0 atom stereocenters. The van der Waals surface area contributed by atoms with Crippen molar-refractivity contribution in [2.45, 2.75) is 25.7 Å². The largest absolute Gasteiger partial charge is 0.371 e. The smallest absolute Gasteiger partial charge is 0.125 e. The topological polar surface area (TPSA) is 19.0 Å². The summed E-state index contributed by atoms with van der Waals surface area (Å²) in [5.41, 5.74) is 3.06. The fraction of sp³-hybridized carbons (Fsp3) is 0.333. The second-order valence-corrected chi connectivity index (χ2v) is 6.98. The highest BCUT2D eigenvalue weighted by molar-refractivity contribution is 5.83. The third kappa shape index (κ3) is 3.84. The molecule has 3 aromatic rings. The molecule has 0 bridgehead atoms. The van der Waals surface area contributed by atoms with Gasteiger partial charge in [-0.25, -0.2) is 8.78 Å². The minimum atomic E-state index is -0.205. The second kappa shape index (κ2) is 6.87. The van der Waals surface area contributed by atoms with E-state index in [2.05, 4.69) is 9.88 Å². The normalized spacial score (nSPS) is 14.2. The molecule has 1 aromatic heterocycles. The summed E-state index contributed by atoms with van der Waals surface area (Å²) < 4.78 is 27.1. The number of H-pyrrole nitrogens is 1. The summed E-state index contributed by atoms with van der Waals surface area (Å²) in [6, 6.07) is 11.7. The summed E-state index contributed by atoms with van der Waals surface area (Å²) in [4.78, 5) is 5.49. The Bertz CT molecular complexity index is 867. The van der Waals surface area contributed by atoms with E-state index in [4.69, 9.17) is 0 Å². The van der Waals surface area contributed by atoms with Gasteiger partial charge < -0.3 is 9.88 Å². The van der Waals surface area contributed by atoms with E-state index in [1.54, 1.807) is 24.3 Å². The van der Waals surface area contributed by atoms with Gasteiger partial charge in [-0.2, -0.15) is 0 Å². The van der Waals surface area contributed by atoms with Crippen molar-refractivity contribution in [2.24, 2.45) is 5.92 Å². The van der Waals surface area contributed by atoms with E-state index in [0.717, 1.165) is 54.0 Å². The molecular formula is C21H22F2N2. The molecule has 0 radical (unpaired) electrons. The highest BCUT2D eigenvalue weighted by Gasteiger charge is 2.24. The van der Waals surface area contributed by atoms with Gasteiger partial charge in [0.1, 0.15) is 11.6 Å². The molecule has 4 heteroatoms. The predicted octanol–water partition coefficient (Wildman–Crippen LogP) is 5.30. The lowest BCUT2D eigenvalue weighted by atomic mass is 10.1. The highest BCUT2D eigenvalue weighted by Crippen LogP contribution is 2.32. The number of hydrogen-bond donors (Lipinski definition) is 1. The molecule has 2 nitrogen and oxygen atoms in total. The maximum absolute atomic E-state index is 13.6. The highest BCUT2D eigenvalue weighted by atomic mass is 19.1. The van der Waals surface area contributed by atoms with E-state index in [1.165, 1.54) is 25.0 Å². The summed E-state index contributed by atoms with van der Waals surface area (Å²) in [7, 11) is 0. The van der Waals surface area contributed by atoms with Crippen molar-refractivity contribution < 1.29 is 8.78 Å². The van der Waals surface area contributed by atoms with Gasteiger partial charge in [0.25, 0.3) is 0 Å². The van der Waals surface area contributed by atoms with Crippen LogP contribution in [0.4, 0.5) is 14.5 Å². The van der Waals surface area contributed by atoms with Gasteiger partial charge >= 0.3 is 0 Å². The number of nitrogens with zero attached hydrogens (tertiary/aromatic N) is 1. The molecule has 0 amide bonds. The Morgan fingerprint density at radius 3 is 2.68 bits per heavy atom. The fourth-order valence-corrected chi connectivity index (χ4v) is 3.43. The zero-order valence-corrected chi connectivity index (χ0v) is 14.1. The Hall–Kier alpha value is -2.36. The Morgan fingerprint density at radius 2 is 1.88 bits per heavy atom. The summed E-state index contributed by atoms with van der Waals surface area (Å²) >= 11 is 0. The van der Waals surface area contributed by atoms with E-state index in [-0.39, 0.29) is 11.6 Å². The van der Waals surface area contributed by atoms with Gasteiger partial charge in [0.2, 0.25) is 0 Å². The van der Waals surface area contributed by atoms with Crippen LogP contribution in [0.15, 0.2) is 48.7 Å². The van der Waals surface area contributed by atoms with Crippen molar-refractivity contribution in [1.82, 2.24) is 4.98 Å². The molecule has 1 heterocycles. The molecule has 1 aliphatic carbocycles. The van der Waals surface area contributed by atoms with Crippen LogP contribution in [0.5, 0.6) is 0 Å². The first-order chi connectivity index (χ1) is 12.2. The van der Waals surface area contributed by atoms with Crippen molar-refractivity contribution in [3.05, 3.63) is 65.9 Å². The van der Waals surface area contributed by atoms with Crippen molar-refractivity contribution in [3.8, 4) is 0 Å². The van der Waals surface area contributed by atoms with Crippen molar-refractivity contribution in [1.29, 1.82) is 0 Å². The molecule has 130 valence electrons. The first kappa shape index (κ1) is 16.1. The van der Waals surface area contributed by atoms with Crippen LogP contribution in [0.2, 0.25) is 0 Å². The van der Waals surface area contributed by atoms with Gasteiger partial charge in [-0.15, -0.1) is 0 Å². The molecule has 25 heavy (non-hydrogen) atoms. The number of anilines is 1. The van der Waals surface area contributed by atoms with E-state index >= 15 is 0 Å². The number of hydrogen-bond acceptors (Lipinski definition) is 1. The third-order valence-electron chi connectivity index (χ3n) is 4.95. The zero-order chi connectivity index (χ0) is 17.2. The summed E-state index contributed by atoms with van der Waals surface area (Å²) in [6.45, 7) is 1.87. The maximum atomic E-state index is 13.6. The zero-order valence-electron chi connectivity index (χ0n) is 14.1. The monoisotopic (exact) mass is 340 g/mol. The molecule has 1 N–H and O–H groups in total. The van der Waals surface area contributed by atoms with Crippen LogP contribution in [0.25, 0.3) is 10.9 Å². The van der Waals surface area contributed by atoms with Gasteiger partial charge in [0, 0.05) is 35.9 Å². The first-order valence-corrected chi connectivity index (χ1v) is 8.95. The summed E-state index contributed by atoms with van der Waals surface area (Å²) in [6.07, 6.45) is 6.34. The molecule has 0 spiro atoms. The molecule has 4 rings (SSSR count). The van der Waals surface area contributed by atoms with Crippen LogP contribution in [0.3, 0.4) is 0 Å². The minimum Gasteiger partial charge on any atom is -0.371 e. The van der Waals surface area contributed by atoms with Gasteiger partial charge in [0.15, 0.2) is 0 Å². The third-order valence-corrected chi connectivity index (χ3v) is 4.95. The van der Waals surface area contributed by atoms with Crippen LogP contribution < -0.4 is 4.90 Å². The molecule has 1 fully saturated rings. The van der Waals surface area contributed by atoms with Crippen LogP contribution >= 0.6 is 0 Å².